The molecule has 0 fully saturated rings. The molecule has 0 spiro atoms. The van der Waals surface area contributed by atoms with E-state index in [9.17, 15) is 9.18 Å². The number of hydrogen-bond donors (Lipinski definition) is 2. The number of furan rings is 1. The van der Waals surface area contributed by atoms with Crippen LogP contribution < -0.4 is 5.73 Å². The second-order valence-electron chi connectivity index (χ2n) is 2.80. The van der Waals surface area contributed by atoms with Crippen LogP contribution in [0.3, 0.4) is 0 Å². The minimum absolute atomic E-state index is 0.123. The van der Waals surface area contributed by atoms with Gasteiger partial charge in [-0.05, 0) is 12.1 Å². The topological polar surface area (TPSA) is 76.5 Å². The van der Waals surface area contributed by atoms with Crippen LogP contribution in [0.4, 0.5) is 10.1 Å². The molecule has 1 heterocycles. The molecule has 0 aliphatic rings. The molecule has 4 nitrogen and oxygen atoms in total. The van der Waals surface area contributed by atoms with Gasteiger partial charge in [-0.3, -0.25) is 0 Å². The van der Waals surface area contributed by atoms with E-state index in [0.717, 1.165) is 6.07 Å². The Balaban J connectivity index is 2.82. The van der Waals surface area contributed by atoms with Crippen LogP contribution in [0, 0.1) is 5.82 Å². The molecule has 0 unspecified atom stereocenters. The number of carboxylic acids is 1. The van der Waals surface area contributed by atoms with E-state index < -0.39 is 11.8 Å². The maximum atomic E-state index is 13.1. The zero-order valence-electron chi connectivity index (χ0n) is 6.95. The van der Waals surface area contributed by atoms with Gasteiger partial charge in [0.05, 0.1) is 0 Å². The van der Waals surface area contributed by atoms with Crippen LogP contribution in [0.25, 0.3) is 11.0 Å². The molecule has 5 heteroatoms. The smallest absolute Gasteiger partial charge is 0.371 e. The summed E-state index contributed by atoms with van der Waals surface area (Å²) in [6.07, 6.45) is 0. The second kappa shape index (κ2) is 2.73. The van der Waals surface area contributed by atoms with E-state index in [4.69, 9.17) is 15.3 Å². The van der Waals surface area contributed by atoms with Gasteiger partial charge in [0.25, 0.3) is 0 Å². The number of aromatic carboxylic acids is 1. The van der Waals surface area contributed by atoms with Crippen molar-refractivity contribution in [1.29, 1.82) is 0 Å². The largest absolute Gasteiger partial charge is 0.475 e. The number of carbonyl (C=O) groups is 1. The number of hydrogen-bond acceptors (Lipinski definition) is 3. The molecular formula is C9H6FNO3. The molecule has 0 aliphatic carbocycles. The highest BCUT2D eigenvalue weighted by Crippen LogP contribution is 2.27. The van der Waals surface area contributed by atoms with Crippen molar-refractivity contribution in [1.82, 2.24) is 0 Å². The van der Waals surface area contributed by atoms with Gasteiger partial charge in [0, 0.05) is 17.1 Å². The van der Waals surface area contributed by atoms with Crippen molar-refractivity contribution in [2.45, 2.75) is 0 Å². The highest BCUT2D eigenvalue weighted by molar-refractivity contribution is 5.96. The van der Waals surface area contributed by atoms with E-state index in [1.54, 1.807) is 0 Å². The molecule has 0 saturated heterocycles. The van der Waals surface area contributed by atoms with E-state index in [-0.39, 0.29) is 22.4 Å². The Morgan fingerprint density at radius 3 is 2.79 bits per heavy atom. The first-order valence-corrected chi connectivity index (χ1v) is 3.80. The van der Waals surface area contributed by atoms with Crippen LogP contribution in [0.5, 0.6) is 0 Å². The fourth-order valence-corrected chi connectivity index (χ4v) is 1.22. The normalized spacial score (nSPS) is 10.6. The molecule has 2 rings (SSSR count). The van der Waals surface area contributed by atoms with Crippen molar-refractivity contribution in [3.8, 4) is 0 Å². The SMILES string of the molecule is Nc1ccc(F)c2oc(C(=O)O)cc12. The number of nitrogens with two attached hydrogens (primary N) is 1. The highest BCUT2D eigenvalue weighted by Gasteiger charge is 2.14. The van der Waals surface area contributed by atoms with Gasteiger partial charge in [0.15, 0.2) is 11.4 Å². The molecule has 3 N–H and O–H groups in total. The van der Waals surface area contributed by atoms with Crippen molar-refractivity contribution in [2.75, 3.05) is 5.73 Å². The lowest BCUT2D eigenvalue weighted by atomic mass is 10.2. The lowest BCUT2D eigenvalue weighted by Gasteiger charge is -1.93. The van der Waals surface area contributed by atoms with E-state index in [1.165, 1.54) is 12.1 Å². The van der Waals surface area contributed by atoms with Crippen molar-refractivity contribution in [3.63, 3.8) is 0 Å². The fourth-order valence-electron chi connectivity index (χ4n) is 1.22. The summed E-state index contributed by atoms with van der Waals surface area (Å²) in [5.41, 5.74) is 5.69. The summed E-state index contributed by atoms with van der Waals surface area (Å²) >= 11 is 0. The summed E-state index contributed by atoms with van der Waals surface area (Å²) < 4.78 is 17.9. The zero-order valence-corrected chi connectivity index (χ0v) is 6.95. The number of halogens is 1. The predicted octanol–water partition coefficient (Wildman–Crippen LogP) is 1.85. The molecule has 0 bridgehead atoms. The van der Waals surface area contributed by atoms with Crippen LogP contribution in [0.1, 0.15) is 10.6 Å². The number of fused-ring (bicyclic) bond motifs is 1. The Morgan fingerprint density at radius 1 is 1.50 bits per heavy atom. The van der Waals surface area contributed by atoms with Crippen molar-refractivity contribution >= 4 is 22.6 Å². The number of carboxylic acid groups (broad SMARTS) is 1. The van der Waals surface area contributed by atoms with Crippen LogP contribution in [0.15, 0.2) is 22.6 Å². The van der Waals surface area contributed by atoms with Gasteiger partial charge in [-0.15, -0.1) is 0 Å². The average Bonchev–Trinajstić information content (AvgIpc) is 2.57. The monoisotopic (exact) mass is 195 g/mol. The average molecular weight is 195 g/mol. The van der Waals surface area contributed by atoms with Gasteiger partial charge in [-0.2, -0.15) is 0 Å². The van der Waals surface area contributed by atoms with Gasteiger partial charge in [0.2, 0.25) is 5.76 Å². The minimum Gasteiger partial charge on any atom is -0.475 e. The minimum atomic E-state index is -1.25. The van der Waals surface area contributed by atoms with Gasteiger partial charge < -0.3 is 15.3 Å². The summed E-state index contributed by atoms with van der Waals surface area (Å²) in [5, 5.41) is 8.89. The van der Waals surface area contributed by atoms with Crippen molar-refractivity contribution in [3.05, 3.63) is 29.8 Å². The number of nitrogen functional groups attached to an aromatic ring is 1. The fraction of sp³-hybridized carbons (Fsp3) is 0. The Labute approximate surface area is 77.7 Å². The van der Waals surface area contributed by atoms with Crippen molar-refractivity contribution in [2.24, 2.45) is 0 Å². The number of anilines is 1. The first-order chi connectivity index (χ1) is 6.59. The van der Waals surface area contributed by atoms with E-state index in [0.29, 0.717) is 0 Å². The van der Waals surface area contributed by atoms with Crippen LogP contribution in [-0.4, -0.2) is 11.1 Å². The lowest BCUT2D eigenvalue weighted by Crippen LogP contribution is -1.91. The number of rotatable bonds is 1. The van der Waals surface area contributed by atoms with Gasteiger partial charge >= 0.3 is 5.97 Å². The van der Waals surface area contributed by atoms with Crippen LogP contribution in [-0.2, 0) is 0 Å². The lowest BCUT2D eigenvalue weighted by molar-refractivity contribution is 0.0665. The molecule has 2 aromatic rings. The summed E-state index contributed by atoms with van der Waals surface area (Å²) in [7, 11) is 0. The summed E-state index contributed by atoms with van der Waals surface area (Å²) in [5.74, 6) is -2.20. The summed E-state index contributed by atoms with van der Waals surface area (Å²) in [4.78, 5) is 10.5. The maximum Gasteiger partial charge on any atom is 0.371 e. The molecule has 14 heavy (non-hydrogen) atoms. The van der Waals surface area contributed by atoms with Gasteiger partial charge in [-0.1, -0.05) is 0 Å². The van der Waals surface area contributed by atoms with Crippen LogP contribution in [0.2, 0.25) is 0 Å². The Kier molecular flexibility index (Phi) is 1.67. The first kappa shape index (κ1) is 8.55. The molecule has 0 radical (unpaired) electrons. The van der Waals surface area contributed by atoms with Crippen LogP contribution >= 0.6 is 0 Å². The third kappa shape index (κ3) is 1.10. The Hall–Kier alpha value is -2.04. The summed E-state index contributed by atoms with van der Waals surface area (Å²) in [6.45, 7) is 0. The molecular weight excluding hydrogens is 189 g/mol. The maximum absolute atomic E-state index is 13.1. The standard InChI is InChI=1S/C9H6FNO3/c10-5-1-2-6(11)4-3-7(9(12)13)14-8(4)5/h1-3H,11H2,(H,12,13). The molecule has 0 atom stereocenters. The van der Waals surface area contributed by atoms with Crippen molar-refractivity contribution < 1.29 is 18.7 Å². The van der Waals surface area contributed by atoms with E-state index in [1.807, 2.05) is 0 Å². The van der Waals surface area contributed by atoms with Gasteiger partial charge in [0.1, 0.15) is 0 Å². The highest BCUT2D eigenvalue weighted by atomic mass is 19.1. The zero-order chi connectivity index (χ0) is 10.3. The molecule has 72 valence electrons. The second-order valence-corrected chi connectivity index (χ2v) is 2.80. The Bertz CT molecular complexity index is 479. The predicted molar refractivity (Wildman–Crippen MR) is 47.5 cm³/mol. The summed E-state index contributed by atoms with van der Waals surface area (Å²) in [6, 6.07) is 3.70. The van der Waals surface area contributed by atoms with Gasteiger partial charge in [-0.25, -0.2) is 9.18 Å². The number of benzene rings is 1. The molecule has 1 aromatic carbocycles. The molecule has 1 aromatic heterocycles. The first-order valence-electron chi connectivity index (χ1n) is 3.80. The molecule has 0 saturated carbocycles. The Morgan fingerprint density at radius 2 is 2.21 bits per heavy atom. The third-order valence-electron chi connectivity index (χ3n) is 1.88. The molecule has 0 amide bonds. The quantitative estimate of drug-likeness (QED) is 0.681. The van der Waals surface area contributed by atoms with E-state index >= 15 is 0 Å². The third-order valence-corrected chi connectivity index (χ3v) is 1.88. The molecule has 0 aliphatic heterocycles. The van der Waals surface area contributed by atoms with E-state index in [2.05, 4.69) is 0 Å².